The van der Waals surface area contributed by atoms with Crippen LogP contribution in [-0.2, 0) is 4.74 Å². The molecule has 3 atom stereocenters. The minimum atomic E-state index is 0.292. The van der Waals surface area contributed by atoms with Crippen LogP contribution in [0.15, 0.2) is 0 Å². The van der Waals surface area contributed by atoms with Gasteiger partial charge in [-0.15, -0.1) is 0 Å². The highest BCUT2D eigenvalue weighted by atomic mass is 16.5. The van der Waals surface area contributed by atoms with Crippen molar-refractivity contribution < 1.29 is 4.74 Å². The summed E-state index contributed by atoms with van der Waals surface area (Å²) in [6.45, 7) is 8.24. The molecule has 3 rings (SSSR count). The number of hydrogen-bond acceptors (Lipinski definition) is 3. The van der Waals surface area contributed by atoms with E-state index in [0.717, 1.165) is 6.54 Å². The van der Waals surface area contributed by atoms with E-state index in [9.17, 15) is 0 Å². The molecule has 2 heterocycles. The fourth-order valence-corrected chi connectivity index (χ4v) is 4.68. The van der Waals surface area contributed by atoms with Gasteiger partial charge < -0.3 is 10.1 Å². The van der Waals surface area contributed by atoms with E-state index >= 15 is 0 Å². The zero-order valence-corrected chi connectivity index (χ0v) is 14.1. The quantitative estimate of drug-likeness (QED) is 0.861. The first kappa shape index (κ1) is 15.8. The number of rotatable bonds is 4. The van der Waals surface area contributed by atoms with Crippen LogP contribution >= 0.6 is 0 Å². The molecule has 3 aliphatic rings. The molecular weight excluding hydrogens is 260 g/mol. The standard InChI is InChI=1S/C18H34N2O/c1-3-6-16-13-20(15(2)8-12-19-16)14-17-7-11-18(21-17)9-4-5-10-18/h15-17,19H,3-14H2,1-2H3. The molecule has 1 spiro atoms. The zero-order valence-electron chi connectivity index (χ0n) is 14.1. The van der Waals surface area contributed by atoms with Crippen molar-refractivity contribution in [1.82, 2.24) is 10.2 Å². The fraction of sp³-hybridized carbons (Fsp3) is 1.00. The van der Waals surface area contributed by atoms with Crippen molar-refractivity contribution in [2.24, 2.45) is 0 Å². The Morgan fingerprint density at radius 2 is 2.00 bits per heavy atom. The Labute approximate surface area is 130 Å². The summed E-state index contributed by atoms with van der Waals surface area (Å²) in [4.78, 5) is 2.71. The molecule has 0 aromatic heterocycles. The van der Waals surface area contributed by atoms with E-state index < -0.39 is 0 Å². The lowest BCUT2D eigenvalue weighted by atomic mass is 9.98. The molecule has 0 radical (unpaired) electrons. The molecule has 2 saturated heterocycles. The molecule has 3 unspecified atom stereocenters. The Morgan fingerprint density at radius 1 is 1.19 bits per heavy atom. The minimum absolute atomic E-state index is 0.292. The molecule has 2 aliphatic heterocycles. The Morgan fingerprint density at radius 3 is 2.76 bits per heavy atom. The molecular formula is C18H34N2O. The van der Waals surface area contributed by atoms with E-state index in [1.54, 1.807) is 0 Å². The van der Waals surface area contributed by atoms with Gasteiger partial charge in [-0.3, -0.25) is 4.90 Å². The predicted molar refractivity (Wildman–Crippen MR) is 87.7 cm³/mol. The van der Waals surface area contributed by atoms with Crippen LogP contribution in [0.2, 0.25) is 0 Å². The third kappa shape index (κ3) is 3.80. The summed E-state index contributed by atoms with van der Waals surface area (Å²) < 4.78 is 6.53. The highest BCUT2D eigenvalue weighted by Crippen LogP contribution is 2.43. The molecule has 1 aliphatic carbocycles. The molecule has 3 heteroatoms. The number of hydrogen-bond donors (Lipinski definition) is 1. The van der Waals surface area contributed by atoms with E-state index in [4.69, 9.17) is 4.74 Å². The third-order valence-electron chi connectivity index (χ3n) is 6.00. The highest BCUT2D eigenvalue weighted by Gasteiger charge is 2.42. The first-order valence-electron chi connectivity index (χ1n) is 9.36. The summed E-state index contributed by atoms with van der Waals surface area (Å²) in [5.74, 6) is 0. The molecule has 21 heavy (non-hydrogen) atoms. The van der Waals surface area contributed by atoms with Gasteiger partial charge in [0.05, 0.1) is 11.7 Å². The fourth-order valence-electron chi connectivity index (χ4n) is 4.68. The summed E-state index contributed by atoms with van der Waals surface area (Å²) >= 11 is 0. The first-order chi connectivity index (χ1) is 10.2. The molecule has 0 aromatic carbocycles. The molecule has 3 fully saturated rings. The lowest BCUT2D eigenvalue weighted by molar-refractivity contribution is -0.0508. The van der Waals surface area contributed by atoms with Crippen LogP contribution in [0.3, 0.4) is 0 Å². The van der Waals surface area contributed by atoms with Gasteiger partial charge in [-0.05, 0) is 52.0 Å². The molecule has 0 bridgehead atoms. The van der Waals surface area contributed by atoms with Crippen molar-refractivity contribution >= 4 is 0 Å². The van der Waals surface area contributed by atoms with Crippen molar-refractivity contribution in [3.63, 3.8) is 0 Å². The zero-order chi connectivity index (χ0) is 14.7. The molecule has 1 saturated carbocycles. The molecule has 1 N–H and O–H groups in total. The van der Waals surface area contributed by atoms with Crippen molar-refractivity contribution in [3.05, 3.63) is 0 Å². The van der Waals surface area contributed by atoms with Gasteiger partial charge in [0.15, 0.2) is 0 Å². The summed E-state index contributed by atoms with van der Waals surface area (Å²) in [7, 11) is 0. The van der Waals surface area contributed by atoms with Crippen LogP contribution in [0.5, 0.6) is 0 Å². The van der Waals surface area contributed by atoms with Crippen molar-refractivity contribution in [2.75, 3.05) is 19.6 Å². The van der Waals surface area contributed by atoms with Crippen molar-refractivity contribution in [1.29, 1.82) is 0 Å². The predicted octanol–water partition coefficient (Wildman–Crippen LogP) is 3.33. The average molecular weight is 294 g/mol. The van der Waals surface area contributed by atoms with E-state index in [-0.39, 0.29) is 0 Å². The van der Waals surface area contributed by atoms with Gasteiger partial charge in [0.1, 0.15) is 0 Å². The van der Waals surface area contributed by atoms with Gasteiger partial charge in [-0.25, -0.2) is 0 Å². The Kier molecular flexibility index (Phi) is 5.23. The lowest BCUT2D eigenvalue weighted by Crippen LogP contribution is -2.44. The van der Waals surface area contributed by atoms with Crippen LogP contribution < -0.4 is 5.32 Å². The summed E-state index contributed by atoms with van der Waals surface area (Å²) in [5.41, 5.74) is 0.292. The maximum atomic E-state index is 6.53. The summed E-state index contributed by atoms with van der Waals surface area (Å²) in [6.07, 6.45) is 12.4. The maximum absolute atomic E-state index is 6.53. The van der Waals surface area contributed by atoms with Crippen molar-refractivity contribution in [2.45, 2.75) is 95.4 Å². The van der Waals surface area contributed by atoms with Crippen LogP contribution in [0, 0.1) is 0 Å². The lowest BCUT2D eigenvalue weighted by Gasteiger charge is -2.32. The van der Waals surface area contributed by atoms with E-state index in [1.807, 2.05) is 0 Å². The van der Waals surface area contributed by atoms with Gasteiger partial charge in [-0.2, -0.15) is 0 Å². The maximum Gasteiger partial charge on any atom is 0.0710 e. The SMILES string of the molecule is CCCC1CN(CC2CCC3(CCCC3)O2)C(C)CCN1. The normalized spacial score (nSPS) is 37.1. The smallest absolute Gasteiger partial charge is 0.0710 e. The van der Waals surface area contributed by atoms with Crippen LogP contribution in [0.25, 0.3) is 0 Å². The van der Waals surface area contributed by atoms with Crippen molar-refractivity contribution in [3.8, 4) is 0 Å². The Bertz CT molecular complexity index is 327. The van der Waals surface area contributed by atoms with Gasteiger partial charge in [0.25, 0.3) is 0 Å². The molecule has 0 amide bonds. The van der Waals surface area contributed by atoms with E-state index in [2.05, 4.69) is 24.1 Å². The second-order valence-corrected chi connectivity index (χ2v) is 7.70. The number of nitrogens with zero attached hydrogens (tertiary/aromatic N) is 1. The molecule has 0 aromatic rings. The molecule has 122 valence electrons. The molecule has 3 nitrogen and oxygen atoms in total. The second kappa shape index (κ2) is 6.97. The first-order valence-corrected chi connectivity index (χ1v) is 9.36. The Balaban J connectivity index is 1.55. The summed E-state index contributed by atoms with van der Waals surface area (Å²) in [5, 5.41) is 3.73. The minimum Gasteiger partial charge on any atom is -0.370 e. The monoisotopic (exact) mass is 294 g/mol. The van der Waals surface area contributed by atoms with Gasteiger partial charge in [0, 0.05) is 25.2 Å². The number of nitrogens with one attached hydrogen (secondary N) is 1. The van der Waals surface area contributed by atoms with E-state index in [1.165, 1.54) is 70.9 Å². The topological polar surface area (TPSA) is 24.5 Å². The third-order valence-corrected chi connectivity index (χ3v) is 6.00. The van der Waals surface area contributed by atoms with Gasteiger partial charge in [-0.1, -0.05) is 26.2 Å². The highest BCUT2D eigenvalue weighted by molar-refractivity contribution is 4.94. The largest absolute Gasteiger partial charge is 0.370 e. The van der Waals surface area contributed by atoms with Crippen LogP contribution in [-0.4, -0.2) is 48.3 Å². The second-order valence-electron chi connectivity index (χ2n) is 7.70. The average Bonchev–Trinajstić information content (AvgIpc) is 3.04. The Hall–Kier alpha value is -0.120. The van der Waals surface area contributed by atoms with Gasteiger partial charge >= 0.3 is 0 Å². The number of ether oxygens (including phenoxy) is 1. The van der Waals surface area contributed by atoms with E-state index in [0.29, 0.717) is 23.8 Å². The summed E-state index contributed by atoms with van der Waals surface area (Å²) in [6, 6.07) is 1.38. The van der Waals surface area contributed by atoms with Crippen LogP contribution in [0.4, 0.5) is 0 Å². The van der Waals surface area contributed by atoms with Gasteiger partial charge in [0.2, 0.25) is 0 Å². The van der Waals surface area contributed by atoms with Crippen LogP contribution in [0.1, 0.15) is 71.6 Å².